The first-order chi connectivity index (χ1) is 9.00. The lowest BCUT2D eigenvalue weighted by atomic mass is 9.87. The highest BCUT2D eigenvalue weighted by molar-refractivity contribution is 6.03. The van der Waals surface area contributed by atoms with Gasteiger partial charge in [-0.1, -0.05) is 48.0 Å². The summed E-state index contributed by atoms with van der Waals surface area (Å²) < 4.78 is 0. The average Bonchev–Trinajstić information content (AvgIpc) is 2.37. The molecule has 0 heterocycles. The zero-order valence-electron chi connectivity index (χ0n) is 11.7. The van der Waals surface area contributed by atoms with Gasteiger partial charge in [0.15, 0.2) is 5.78 Å². The van der Waals surface area contributed by atoms with Crippen LogP contribution in [0.3, 0.4) is 0 Å². The Morgan fingerprint density at radius 2 is 1.53 bits per heavy atom. The fraction of sp³-hybridized carbons (Fsp3) is 0.222. The molecule has 2 aromatic carbocycles. The molecule has 0 aliphatic heterocycles. The summed E-state index contributed by atoms with van der Waals surface area (Å²) in [6.45, 7) is 10.1. The highest BCUT2D eigenvalue weighted by atomic mass is 16.1. The summed E-state index contributed by atoms with van der Waals surface area (Å²) in [5, 5.41) is 0. The third-order valence-electron chi connectivity index (χ3n) is 3.44. The van der Waals surface area contributed by atoms with Gasteiger partial charge in [-0.2, -0.15) is 0 Å². The standard InChI is InChI=1S/C18H19O/c1-12-10-13(2)17(14(3)11-12)18(19)15(4)16-8-6-5-7-9-16/h5-11,15H,4H2,1-3H3. The van der Waals surface area contributed by atoms with Crippen LogP contribution in [-0.2, 0) is 0 Å². The minimum Gasteiger partial charge on any atom is -0.293 e. The number of hydrogen-bond acceptors (Lipinski definition) is 1. The number of rotatable bonds is 3. The fourth-order valence-corrected chi connectivity index (χ4v) is 2.58. The smallest absolute Gasteiger partial charge is 0.170 e. The molecule has 0 saturated carbocycles. The van der Waals surface area contributed by atoms with Crippen LogP contribution < -0.4 is 0 Å². The number of Topliss-reactive ketones (excluding diaryl/α,β-unsaturated/α-hetero) is 1. The number of ketones is 1. The maximum atomic E-state index is 12.6. The van der Waals surface area contributed by atoms with Gasteiger partial charge in [0.05, 0.1) is 0 Å². The molecular weight excluding hydrogens is 232 g/mol. The van der Waals surface area contributed by atoms with Gasteiger partial charge in [-0.15, -0.1) is 0 Å². The third-order valence-corrected chi connectivity index (χ3v) is 3.44. The van der Waals surface area contributed by atoms with Crippen molar-refractivity contribution >= 4 is 5.78 Å². The molecular formula is C18H19O. The van der Waals surface area contributed by atoms with Crippen molar-refractivity contribution in [3.8, 4) is 0 Å². The molecule has 1 nitrogen and oxygen atoms in total. The van der Waals surface area contributed by atoms with Gasteiger partial charge in [-0.25, -0.2) is 0 Å². The van der Waals surface area contributed by atoms with Crippen molar-refractivity contribution in [3.63, 3.8) is 0 Å². The molecule has 0 spiro atoms. The van der Waals surface area contributed by atoms with E-state index < -0.39 is 0 Å². The SMILES string of the molecule is [CH2]C(C(=O)c1c(C)cc(C)cc1C)c1ccccc1. The van der Waals surface area contributed by atoms with Gasteiger partial charge in [0.25, 0.3) is 0 Å². The molecule has 2 aromatic rings. The largest absolute Gasteiger partial charge is 0.293 e. The van der Waals surface area contributed by atoms with Gasteiger partial charge in [0.1, 0.15) is 0 Å². The molecule has 0 amide bonds. The van der Waals surface area contributed by atoms with Crippen LogP contribution in [0.2, 0.25) is 0 Å². The predicted octanol–water partition coefficient (Wildman–Crippen LogP) is 4.41. The molecule has 1 radical (unpaired) electrons. The van der Waals surface area contributed by atoms with Gasteiger partial charge in [0, 0.05) is 11.5 Å². The van der Waals surface area contributed by atoms with Crippen LogP contribution in [-0.4, -0.2) is 5.78 Å². The molecule has 0 fully saturated rings. The van der Waals surface area contributed by atoms with E-state index in [1.54, 1.807) is 0 Å². The zero-order valence-corrected chi connectivity index (χ0v) is 11.7. The zero-order chi connectivity index (χ0) is 14.0. The predicted molar refractivity (Wildman–Crippen MR) is 79.5 cm³/mol. The van der Waals surface area contributed by atoms with Crippen molar-refractivity contribution in [1.29, 1.82) is 0 Å². The topological polar surface area (TPSA) is 17.1 Å². The van der Waals surface area contributed by atoms with Crippen LogP contribution in [0.5, 0.6) is 0 Å². The first kappa shape index (κ1) is 13.5. The molecule has 0 aliphatic rings. The summed E-state index contributed by atoms with van der Waals surface area (Å²) in [6, 6.07) is 13.8. The first-order valence-electron chi connectivity index (χ1n) is 6.51. The summed E-state index contributed by atoms with van der Waals surface area (Å²) in [5.74, 6) is -0.248. The molecule has 97 valence electrons. The Kier molecular flexibility index (Phi) is 3.84. The molecule has 0 aromatic heterocycles. The molecule has 0 aliphatic carbocycles. The lowest BCUT2D eigenvalue weighted by molar-refractivity contribution is 0.0974. The van der Waals surface area contributed by atoms with E-state index in [9.17, 15) is 4.79 Å². The fourth-order valence-electron chi connectivity index (χ4n) is 2.58. The molecule has 1 unspecified atom stereocenters. The maximum absolute atomic E-state index is 12.6. The summed E-state index contributed by atoms with van der Waals surface area (Å²) >= 11 is 0. The second kappa shape index (κ2) is 5.40. The Bertz CT molecular complexity index is 573. The van der Waals surface area contributed by atoms with E-state index in [2.05, 4.69) is 19.1 Å². The van der Waals surface area contributed by atoms with E-state index in [1.807, 2.05) is 51.1 Å². The number of aryl methyl sites for hydroxylation is 3. The highest BCUT2D eigenvalue weighted by Crippen LogP contribution is 2.25. The average molecular weight is 251 g/mol. The molecule has 1 atom stereocenters. The lowest BCUT2D eigenvalue weighted by Crippen LogP contribution is -2.13. The van der Waals surface area contributed by atoms with E-state index in [0.717, 1.165) is 22.3 Å². The molecule has 2 rings (SSSR count). The van der Waals surface area contributed by atoms with Crippen LogP contribution in [0.1, 0.15) is 38.5 Å². The number of carbonyl (C=O) groups excluding carboxylic acids is 1. The van der Waals surface area contributed by atoms with Gasteiger partial charge >= 0.3 is 0 Å². The Labute approximate surface area is 115 Å². The highest BCUT2D eigenvalue weighted by Gasteiger charge is 2.20. The second-order valence-electron chi connectivity index (χ2n) is 5.10. The van der Waals surface area contributed by atoms with Crippen molar-refractivity contribution in [2.45, 2.75) is 26.7 Å². The summed E-state index contributed by atoms with van der Waals surface area (Å²) in [4.78, 5) is 12.6. The van der Waals surface area contributed by atoms with Crippen molar-refractivity contribution < 1.29 is 4.79 Å². The van der Waals surface area contributed by atoms with Crippen LogP contribution in [0, 0.1) is 27.7 Å². The lowest BCUT2D eigenvalue weighted by Gasteiger charge is -2.15. The van der Waals surface area contributed by atoms with Crippen molar-refractivity contribution in [1.82, 2.24) is 0 Å². The number of hydrogen-bond donors (Lipinski definition) is 0. The monoisotopic (exact) mass is 251 g/mol. The maximum Gasteiger partial charge on any atom is 0.170 e. The van der Waals surface area contributed by atoms with Crippen LogP contribution >= 0.6 is 0 Å². The van der Waals surface area contributed by atoms with Crippen LogP contribution in [0.25, 0.3) is 0 Å². The normalized spacial score (nSPS) is 12.2. The number of benzene rings is 2. The second-order valence-corrected chi connectivity index (χ2v) is 5.10. The van der Waals surface area contributed by atoms with Crippen molar-refractivity contribution in [2.24, 2.45) is 0 Å². The summed E-state index contributed by atoms with van der Waals surface area (Å²) in [7, 11) is 0. The van der Waals surface area contributed by atoms with E-state index in [1.165, 1.54) is 5.56 Å². The minimum atomic E-state index is -0.346. The minimum absolute atomic E-state index is 0.0983. The quantitative estimate of drug-likeness (QED) is 0.738. The van der Waals surface area contributed by atoms with E-state index in [0.29, 0.717) is 0 Å². The molecule has 0 bridgehead atoms. The van der Waals surface area contributed by atoms with Gasteiger partial charge in [-0.3, -0.25) is 4.79 Å². The molecule has 19 heavy (non-hydrogen) atoms. The van der Waals surface area contributed by atoms with E-state index in [4.69, 9.17) is 0 Å². The van der Waals surface area contributed by atoms with Gasteiger partial charge in [0.2, 0.25) is 0 Å². The Morgan fingerprint density at radius 3 is 2.05 bits per heavy atom. The van der Waals surface area contributed by atoms with Gasteiger partial charge < -0.3 is 0 Å². The van der Waals surface area contributed by atoms with Crippen molar-refractivity contribution in [3.05, 3.63) is 77.2 Å². The van der Waals surface area contributed by atoms with Crippen LogP contribution in [0.4, 0.5) is 0 Å². The van der Waals surface area contributed by atoms with E-state index in [-0.39, 0.29) is 11.7 Å². The Hall–Kier alpha value is -1.89. The Balaban J connectivity index is 2.40. The third kappa shape index (κ3) is 2.76. The molecule has 1 heteroatoms. The number of carbonyl (C=O) groups is 1. The van der Waals surface area contributed by atoms with E-state index >= 15 is 0 Å². The summed E-state index contributed by atoms with van der Waals surface area (Å²) in [5.41, 5.74) is 5.03. The van der Waals surface area contributed by atoms with Crippen LogP contribution in [0.15, 0.2) is 42.5 Å². The first-order valence-corrected chi connectivity index (χ1v) is 6.51. The van der Waals surface area contributed by atoms with Gasteiger partial charge in [-0.05, 0) is 44.4 Å². The van der Waals surface area contributed by atoms with Crippen molar-refractivity contribution in [2.75, 3.05) is 0 Å². The Morgan fingerprint density at radius 1 is 1.00 bits per heavy atom. The molecule has 0 N–H and O–H groups in total. The molecule has 0 saturated heterocycles. The summed E-state index contributed by atoms with van der Waals surface area (Å²) in [6.07, 6.45) is 0.